The predicted octanol–water partition coefficient (Wildman–Crippen LogP) is 4.34. The van der Waals surface area contributed by atoms with Crippen molar-refractivity contribution in [1.29, 1.82) is 0 Å². The van der Waals surface area contributed by atoms with Gasteiger partial charge in [-0.1, -0.05) is 41.9 Å². The van der Waals surface area contributed by atoms with Gasteiger partial charge in [0.15, 0.2) is 12.4 Å². The van der Waals surface area contributed by atoms with Crippen LogP contribution in [0.25, 0.3) is 0 Å². The highest BCUT2D eigenvalue weighted by Crippen LogP contribution is 2.31. The van der Waals surface area contributed by atoms with Gasteiger partial charge in [0.25, 0.3) is 0 Å². The molecule has 1 aliphatic rings. The van der Waals surface area contributed by atoms with Crippen molar-refractivity contribution in [2.75, 3.05) is 18.1 Å². The Morgan fingerprint density at radius 2 is 1.56 bits per heavy atom. The zero-order chi connectivity index (χ0) is 24.1. The summed E-state index contributed by atoms with van der Waals surface area (Å²) in [6, 6.07) is 21.4. The highest BCUT2D eigenvalue weighted by atomic mass is 35.5. The number of ketones is 1. The van der Waals surface area contributed by atoms with Crippen LogP contribution in [-0.2, 0) is 14.3 Å². The second-order valence-corrected chi connectivity index (χ2v) is 8.07. The van der Waals surface area contributed by atoms with Crippen molar-refractivity contribution in [2.24, 2.45) is 5.92 Å². The fraction of sp³-hybridized carbons (Fsp3) is 0.154. The van der Waals surface area contributed by atoms with Crippen LogP contribution in [-0.4, -0.2) is 36.8 Å². The minimum absolute atomic E-state index is 0.0142. The van der Waals surface area contributed by atoms with Crippen molar-refractivity contribution in [1.82, 2.24) is 0 Å². The lowest BCUT2D eigenvalue weighted by atomic mass is 10.1. The molecule has 0 N–H and O–H groups in total. The smallest absolute Gasteiger partial charge is 0.343 e. The maximum Gasteiger partial charge on any atom is 0.343 e. The Labute approximate surface area is 200 Å². The SMILES string of the molecule is O=C(COC(=O)[C@H]1CC(=O)N(c2ccccc2Cl)C1)c1ccc(OC(=O)c2ccccc2)cc1. The highest BCUT2D eigenvalue weighted by molar-refractivity contribution is 6.33. The summed E-state index contributed by atoms with van der Waals surface area (Å²) < 4.78 is 10.5. The number of amides is 1. The van der Waals surface area contributed by atoms with Crippen molar-refractivity contribution < 1.29 is 28.7 Å². The van der Waals surface area contributed by atoms with Gasteiger partial charge in [-0.2, -0.15) is 0 Å². The first-order valence-corrected chi connectivity index (χ1v) is 10.9. The number of ether oxygens (including phenoxy) is 2. The van der Waals surface area contributed by atoms with Gasteiger partial charge in [-0.3, -0.25) is 14.4 Å². The third-order valence-electron chi connectivity index (χ3n) is 5.34. The number of para-hydroxylation sites is 1. The van der Waals surface area contributed by atoms with E-state index in [0.717, 1.165) is 0 Å². The lowest BCUT2D eigenvalue weighted by molar-refractivity contribution is -0.147. The van der Waals surface area contributed by atoms with E-state index in [4.69, 9.17) is 21.1 Å². The Balaban J connectivity index is 1.29. The molecule has 1 atom stereocenters. The molecule has 7 nitrogen and oxygen atoms in total. The van der Waals surface area contributed by atoms with Gasteiger partial charge in [-0.15, -0.1) is 0 Å². The number of carbonyl (C=O) groups is 4. The van der Waals surface area contributed by atoms with Gasteiger partial charge < -0.3 is 14.4 Å². The van der Waals surface area contributed by atoms with Crippen molar-refractivity contribution in [2.45, 2.75) is 6.42 Å². The van der Waals surface area contributed by atoms with Crippen molar-refractivity contribution >= 4 is 40.9 Å². The molecule has 1 aliphatic heterocycles. The highest BCUT2D eigenvalue weighted by Gasteiger charge is 2.37. The summed E-state index contributed by atoms with van der Waals surface area (Å²) in [4.78, 5) is 50.8. The van der Waals surface area contributed by atoms with Gasteiger partial charge in [-0.25, -0.2) is 4.79 Å². The average molecular weight is 478 g/mol. The predicted molar refractivity (Wildman–Crippen MR) is 125 cm³/mol. The molecule has 3 aromatic carbocycles. The normalized spacial score (nSPS) is 15.1. The lowest BCUT2D eigenvalue weighted by Crippen LogP contribution is -2.27. The average Bonchev–Trinajstić information content (AvgIpc) is 3.25. The minimum atomic E-state index is -0.684. The summed E-state index contributed by atoms with van der Waals surface area (Å²) in [6.45, 7) is -0.324. The minimum Gasteiger partial charge on any atom is -0.457 e. The summed E-state index contributed by atoms with van der Waals surface area (Å²) >= 11 is 6.16. The summed E-state index contributed by atoms with van der Waals surface area (Å²) in [5.41, 5.74) is 1.24. The van der Waals surface area contributed by atoms with E-state index in [9.17, 15) is 19.2 Å². The zero-order valence-electron chi connectivity index (χ0n) is 18.0. The van der Waals surface area contributed by atoms with E-state index < -0.39 is 30.2 Å². The Kier molecular flexibility index (Phi) is 7.04. The van der Waals surface area contributed by atoms with Gasteiger partial charge in [0, 0.05) is 18.5 Å². The quantitative estimate of drug-likeness (QED) is 0.286. The van der Waals surface area contributed by atoms with E-state index in [1.807, 2.05) is 0 Å². The molecule has 8 heteroatoms. The number of hydrogen-bond donors (Lipinski definition) is 0. The first-order valence-electron chi connectivity index (χ1n) is 10.5. The maximum atomic E-state index is 12.5. The topological polar surface area (TPSA) is 90.0 Å². The number of halogens is 1. The van der Waals surface area contributed by atoms with Crippen LogP contribution < -0.4 is 9.64 Å². The number of carbonyl (C=O) groups excluding carboxylic acids is 4. The van der Waals surface area contributed by atoms with Crippen molar-refractivity contribution in [3.8, 4) is 5.75 Å². The number of hydrogen-bond acceptors (Lipinski definition) is 6. The molecular formula is C26H20ClNO6. The Hall–Kier alpha value is -3.97. The fourth-order valence-corrected chi connectivity index (χ4v) is 3.79. The van der Waals surface area contributed by atoms with E-state index in [1.54, 1.807) is 54.6 Å². The number of Topliss-reactive ketones (excluding diaryl/α,β-unsaturated/α-hetero) is 1. The molecule has 0 aromatic heterocycles. The maximum absolute atomic E-state index is 12.5. The van der Waals surface area contributed by atoms with E-state index in [1.165, 1.54) is 29.2 Å². The van der Waals surface area contributed by atoms with Crippen LogP contribution in [0.3, 0.4) is 0 Å². The first kappa shape index (κ1) is 23.2. The Bertz CT molecular complexity index is 1230. The summed E-state index contributed by atoms with van der Waals surface area (Å²) in [5.74, 6) is -2.18. The molecule has 1 amide bonds. The molecule has 3 aromatic rings. The van der Waals surface area contributed by atoms with Crippen molar-refractivity contribution in [3.63, 3.8) is 0 Å². The molecule has 172 valence electrons. The van der Waals surface area contributed by atoms with Crippen LogP contribution >= 0.6 is 11.6 Å². The standard InChI is InChI=1S/C26H20ClNO6/c27-21-8-4-5-9-22(21)28-15-19(14-24(28)30)25(31)33-16-23(29)17-10-12-20(13-11-17)34-26(32)18-6-2-1-3-7-18/h1-13,19H,14-16H2/t19-/m0/s1. The summed E-state index contributed by atoms with van der Waals surface area (Å²) in [6.07, 6.45) is -0.0142. The molecule has 0 bridgehead atoms. The molecule has 0 radical (unpaired) electrons. The monoisotopic (exact) mass is 477 g/mol. The molecule has 0 aliphatic carbocycles. The second-order valence-electron chi connectivity index (χ2n) is 7.67. The van der Waals surface area contributed by atoms with Crippen LogP contribution in [0.5, 0.6) is 5.75 Å². The lowest BCUT2D eigenvalue weighted by Gasteiger charge is -2.17. The third-order valence-corrected chi connectivity index (χ3v) is 5.66. The van der Waals surface area contributed by atoms with Crippen LogP contribution in [0.15, 0.2) is 78.9 Å². The third kappa shape index (κ3) is 5.32. The van der Waals surface area contributed by atoms with E-state index in [-0.39, 0.29) is 24.6 Å². The van der Waals surface area contributed by atoms with Crippen LogP contribution in [0.4, 0.5) is 5.69 Å². The summed E-state index contributed by atoms with van der Waals surface area (Å²) in [5, 5.41) is 0.415. The van der Waals surface area contributed by atoms with E-state index in [0.29, 0.717) is 21.8 Å². The van der Waals surface area contributed by atoms with Crippen LogP contribution in [0.1, 0.15) is 27.1 Å². The fourth-order valence-electron chi connectivity index (χ4n) is 3.56. The van der Waals surface area contributed by atoms with Gasteiger partial charge >= 0.3 is 11.9 Å². The largest absolute Gasteiger partial charge is 0.457 e. The second kappa shape index (κ2) is 10.3. The van der Waals surface area contributed by atoms with Crippen LogP contribution in [0.2, 0.25) is 5.02 Å². The molecule has 0 unspecified atom stereocenters. The van der Waals surface area contributed by atoms with Gasteiger partial charge in [-0.05, 0) is 48.5 Å². The van der Waals surface area contributed by atoms with Gasteiger partial charge in [0.1, 0.15) is 5.75 Å². The molecular weight excluding hydrogens is 458 g/mol. The Morgan fingerprint density at radius 3 is 2.26 bits per heavy atom. The first-order chi connectivity index (χ1) is 16.4. The van der Waals surface area contributed by atoms with E-state index >= 15 is 0 Å². The van der Waals surface area contributed by atoms with Gasteiger partial charge in [0.2, 0.25) is 5.91 Å². The number of anilines is 1. The molecule has 1 heterocycles. The molecule has 0 saturated carbocycles. The molecule has 0 spiro atoms. The Morgan fingerprint density at radius 1 is 0.882 bits per heavy atom. The molecule has 4 rings (SSSR count). The molecule has 1 fully saturated rings. The van der Waals surface area contributed by atoms with Gasteiger partial charge in [0.05, 0.1) is 22.2 Å². The summed E-state index contributed by atoms with van der Waals surface area (Å²) in [7, 11) is 0. The number of rotatable bonds is 7. The molecule has 34 heavy (non-hydrogen) atoms. The number of benzene rings is 3. The number of nitrogens with zero attached hydrogens (tertiary/aromatic N) is 1. The zero-order valence-corrected chi connectivity index (χ0v) is 18.7. The number of esters is 2. The van der Waals surface area contributed by atoms with Crippen LogP contribution in [0, 0.1) is 5.92 Å². The molecule has 1 saturated heterocycles. The van der Waals surface area contributed by atoms with E-state index in [2.05, 4.69) is 0 Å². The van der Waals surface area contributed by atoms with Crippen molar-refractivity contribution in [3.05, 3.63) is 95.0 Å².